The van der Waals surface area contributed by atoms with E-state index in [4.69, 9.17) is 0 Å². The molecule has 1 aromatic heterocycles. The molecule has 2 nitrogen and oxygen atoms in total. The van der Waals surface area contributed by atoms with E-state index in [-0.39, 0.29) is 5.82 Å². The number of para-hydroxylation sites is 3. The molecule has 0 spiro atoms. The average Bonchev–Trinajstić information content (AvgIpc) is 3.25. The third-order valence-electron chi connectivity index (χ3n) is 7.98. The van der Waals surface area contributed by atoms with Crippen LogP contribution in [-0.2, 0) is 0 Å². The number of hydrogen-bond acceptors (Lipinski definition) is 1. The van der Waals surface area contributed by atoms with E-state index >= 15 is 0 Å². The molecule has 0 radical (unpaired) electrons. The third-order valence-corrected chi connectivity index (χ3v) is 7.98. The van der Waals surface area contributed by atoms with Crippen LogP contribution in [-0.4, -0.2) is 4.57 Å². The van der Waals surface area contributed by atoms with Gasteiger partial charge in [0.2, 0.25) is 0 Å². The fourth-order valence-electron chi connectivity index (χ4n) is 6.11. The number of nitrogens with zero attached hydrogens (tertiary/aromatic N) is 2. The minimum Gasteiger partial charge on any atom is -0.309 e. The van der Waals surface area contributed by atoms with Gasteiger partial charge in [0.25, 0.3) is 0 Å². The Bertz CT molecular complexity index is 2120. The predicted octanol–water partition coefficient (Wildman–Crippen LogP) is 10.5. The number of aromatic nitrogens is 1. The minimum atomic E-state index is -0.241. The summed E-state index contributed by atoms with van der Waals surface area (Å²) in [6, 6.07) is 47.5. The summed E-state index contributed by atoms with van der Waals surface area (Å²) < 4.78 is 16.4. The smallest absolute Gasteiger partial charge is 0.125 e. The molecule has 194 valence electrons. The third kappa shape index (κ3) is 3.86. The van der Waals surface area contributed by atoms with E-state index in [2.05, 4.69) is 131 Å². The fourth-order valence-corrected chi connectivity index (χ4v) is 6.11. The zero-order chi connectivity index (χ0) is 27.3. The van der Waals surface area contributed by atoms with Gasteiger partial charge in [-0.3, -0.25) is 0 Å². The SMILES string of the molecule is Fc1cccc(-n2c3ccccc3c3cc(-c4ccc5c(c4)C=Cc4ccccc4N5c4ccccc4)ccc32)c1. The van der Waals surface area contributed by atoms with Crippen LogP contribution < -0.4 is 4.90 Å². The second-order valence-electron chi connectivity index (χ2n) is 10.4. The number of anilines is 3. The molecule has 0 N–H and O–H groups in total. The van der Waals surface area contributed by atoms with Crippen molar-refractivity contribution in [3.8, 4) is 16.8 Å². The summed E-state index contributed by atoms with van der Waals surface area (Å²) in [5, 5.41) is 2.29. The lowest BCUT2D eigenvalue weighted by atomic mass is 9.99. The first-order valence-electron chi connectivity index (χ1n) is 13.8. The Kier molecular flexibility index (Phi) is 5.36. The maximum Gasteiger partial charge on any atom is 0.125 e. The standard InChI is InChI=1S/C38H25FN2/c39-30-10-8-13-32(25-30)41-37-16-7-5-14-33(37)34-24-28(20-22-38(34)41)27-19-21-36-29(23-27)18-17-26-9-4-6-15-35(26)40(36)31-11-2-1-3-12-31/h1-25H. The van der Waals surface area contributed by atoms with Gasteiger partial charge in [0.05, 0.1) is 22.4 Å². The van der Waals surface area contributed by atoms with E-state index < -0.39 is 0 Å². The van der Waals surface area contributed by atoms with Crippen molar-refractivity contribution in [3.63, 3.8) is 0 Å². The highest BCUT2D eigenvalue weighted by atomic mass is 19.1. The van der Waals surface area contributed by atoms with Crippen LogP contribution in [0, 0.1) is 5.82 Å². The summed E-state index contributed by atoms with van der Waals surface area (Å²) in [7, 11) is 0. The van der Waals surface area contributed by atoms with Crippen LogP contribution in [0.3, 0.4) is 0 Å². The fraction of sp³-hybridized carbons (Fsp3) is 0. The van der Waals surface area contributed by atoms with Gasteiger partial charge in [-0.1, -0.05) is 84.9 Å². The monoisotopic (exact) mass is 528 g/mol. The Morgan fingerprint density at radius 1 is 0.439 bits per heavy atom. The van der Waals surface area contributed by atoms with Gasteiger partial charge < -0.3 is 9.47 Å². The second kappa shape index (κ2) is 9.35. The van der Waals surface area contributed by atoms with Crippen LogP contribution in [0.5, 0.6) is 0 Å². The van der Waals surface area contributed by atoms with Crippen molar-refractivity contribution in [2.75, 3.05) is 4.90 Å². The molecule has 0 saturated heterocycles. The minimum absolute atomic E-state index is 0.241. The molecule has 6 aromatic carbocycles. The largest absolute Gasteiger partial charge is 0.309 e. The Labute approximate surface area is 237 Å². The molecule has 2 heterocycles. The van der Waals surface area contributed by atoms with Gasteiger partial charge in [-0.05, 0) is 89.0 Å². The molecular formula is C38H25FN2. The van der Waals surface area contributed by atoms with Crippen molar-refractivity contribution in [2.24, 2.45) is 0 Å². The van der Waals surface area contributed by atoms with E-state index in [1.54, 1.807) is 12.1 Å². The summed E-state index contributed by atoms with van der Waals surface area (Å²) in [5.74, 6) is -0.241. The summed E-state index contributed by atoms with van der Waals surface area (Å²) in [5.41, 5.74) is 11.0. The first-order valence-corrected chi connectivity index (χ1v) is 13.8. The molecule has 41 heavy (non-hydrogen) atoms. The quantitative estimate of drug-likeness (QED) is 0.221. The van der Waals surface area contributed by atoms with E-state index in [9.17, 15) is 4.39 Å². The summed E-state index contributed by atoms with van der Waals surface area (Å²) >= 11 is 0. The molecule has 0 bridgehead atoms. The molecule has 1 aliphatic rings. The first kappa shape index (κ1) is 23.5. The van der Waals surface area contributed by atoms with Gasteiger partial charge in [0, 0.05) is 22.1 Å². The van der Waals surface area contributed by atoms with Crippen LogP contribution >= 0.6 is 0 Å². The van der Waals surface area contributed by atoms with Gasteiger partial charge in [0.15, 0.2) is 0 Å². The second-order valence-corrected chi connectivity index (χ2v) is 10.4. The Morgan fingerprint density at radius 2 is 1.12 bits per heavy atom. The lowest BCUT2D eigenvalue weighted by Crippen LogP contribution is -2.11. The average molecular weight is 529 g/mol. The summed E-state index contributed by atoms with van der Waals surface area (Å²) in [4.78, 5) is 2.34. The number of halogens is 1. The van der Waals surface area contributed by atoms with Crippen molar-refractivity contribution in [1.29, 1.82) is 0 Å². The molecule has 0 atom stereocenters. The maximum atomic E-state index is 14.2. The van der Waals surface area contributed by atoms with Gasteiger partial charge in [-0.25, -0.2) is 4.39 Å². The normalized spacial score (nSPS) is 12.4. The zero-order valence-corrected chi connectivity index (χ0v) is 22.2. The zero-order valence-electron chi connectivity index (χ0n) is 22.2. The molecule has 0 aliphatic carbocycles. The number of fused-ring (bicyclic) bond motifs is 5. The Morgan fingerprint density at radius 3 is 2.02 bits per heavy atom. The van der Waals surface area contributed by atoms with Crippen molar-refractivity contribution in [3.05, 3.63) is 156 Å². The molecule has 1 aliphatic heterocycles. The van der Waals surface area contributed by atoms with Crippen molar-refractivity contribution < 1.29 is 4.39 Å². The van der Waals surface area contributed by atoms with E-state index in [1.807, 2.05) is 12.1 Å². The van der Waals surface area contributed by atoms with Gasteiger partial charge in [-0.2, -0.15) is 0 Å². The maximum absolute atomic E-state index is 14.2. The van der Waals surface area contributed by atoms with Crippen molar-refractivity contribution >= 4 is 51.0 Å². The highest BCUT2D eigenvalue weighted by Crippen LogP contribution is 2.43. The van der Waals surface area contributed by atoms with Crippen LogP contribution in [0.25, 0.3) is 50.8 Å². The Balaban J connectivity index is 1.30. The van der Waals surface area contributed by atoms with Crippen LogP contribution in [0.1, 0.15) is 11.1 Å². The lowest BCUT2D eigenvalue weighted by molar-refractivity contribution is 0.627. The van der Waals surface area contributed by atoms with E-state index in [0.29, 0.717) is 0 Å². The molecule has 7 aromatic rings. The number of benzene rings is 6. The van der Waals surface area contributed by atoms with Crippen LogP contribution in [0.2, 0.25) is 0 Å². The molecule has 8 rings (SSSR count). The summed E-state index contributed by atoms with van der Waals surface area (Å²) in [6.07, 6.45) is 4.42. The van der Waals surface area contributed by atoms with E-state index in [1.165, 1.54) is 11.6 Å². The van der Waals surface area contributed by atoms with E-state index in [0.717, 1.165) is 61.2 Å². The molecule has 0 saturated carbocycles. The van der Waals surface area contributed by atoms with Crippen LogP contribution in [0.4, 0.5) is 21.5 Å². The van der Waals surface area contributed by atoms with Crippen molar-refractivity contribution in [1.82, 2.24) is 4.57 Å². The molecule has 0 fully saturated rings. The topological polar surface area (TPSA) is 8.17 Å². The highest BCUT2D eigenvalue weighted by Gasteiger charge is 2.20. The highest BCUT2D eigenvalue weighted by molar-refractivity contribution is 6.10. The summed E-state index contributed by atoms with van der Waals surface area (Å²) in [6.45, 7) is 0. The molecular weight excluding hydrogens is 503 g/mol. The molecule has 0 amide bonds. The predicted molar refractivity (Wildman–Crippen MR) is 170 cm³/mol. The lowest BCUT2D eigenvalue weighted by Gasteiger charge is -2.27. The number of hydrogen-bond donors (Lipinski definition) is 0. The first-order chi connectivity index (χ1) is 20.2. The number of rotatable bonds is 3. The van der Waals surface area contributed by atoms with Crippen LogP contribution in [0.15, 0.2) is 140 Å². The van der Waals surface area contributed by atoms with Gasteiger partial charge in [-0.15, -0.1) is 0 Å². The van der Waals surface area contributed by atoms with Gasteiger partial charge >= 0.3 is 0 Å². The Hall–Kier alpha value is -5.41. The van der Waals surface area contributed by atoms with Crippen molar-refractivity contribution in [2.45, 2.75) is 0 Å². The molecule has 3 heteroatoms. The molecule has 0 unspecified atom stereocenters. The van der Waals surface area contributed by atoms with Gasteiger partial charge in [0.1, 0.15) is 5.82 Å².